The fourth-order valence-electron chi connectivity index (χ4n) is 3.16. The molecule has 0 spiro atoms. The molecule has 8 nitrogen and oxygen atoms in total. The van der Waals surface area contributed by atoms with Crippen molar-refractivity contribution in [3.05, 3.63) is 36.0 Å². The Morgan fingerprint density at radius 2 is 2.14 bits per heavy atom. The number of carbonyl (C=O) groups is 1. The van der Waals surface area contributed by atoms with Crippen LogP contribution in [0.1, 0.15) is 25.3 Å². The van der Waals surface area contributed by atoms with Crippen LogP contribution in [0.3, 0.4) is 0 Å². The number of piperidine rings is 1. The molecule has 2 heterocycles. The number of carbonyl (C=O) groups excluding carboxylic acids is 1. The predicted octanol–water partition coefficient (Wildman–Crippen LogP) is 1.81. The van der Waals surface area contributed by atoms with E-state index in [0.717, 1.165) is 5.56 Å². The third-order valence-electron chi connectivity index (χ3n) is 4.68. The summed E-state index contributed by atoms with van der Waals surface area (Å²) in [4.78, 5) is 22.0. The molecule has 1 unspecified atom stereocenters. The zero-order chi connectivity index (χ0) is 20.1. The number of aliphatic hydroxyl groups is 1. The number of nitriles is 1. The van der Waals surface area contributed by atoms with E-state index in [9.17, 15) is 15.2 Å². The van der Waals surface area contributed by atoms with Crippen LogP contribution in [0.25, 0.3) is 11.3 Å². The van der Waals surface area contributed by atoms with Gasteiger partial charge in [0.2, 0.25) is 5.95 Å². The molecule has 1 fully saturated rings. The Bertz CT molecular complexity index is 886. The molecule has 28 heavy (non-hydrogen) atoms. The third kappa shape index (κ3) is 4.38. The van der Waals surface area contributed by atoms with Crippen molar-refractivity contribution in [2.45, 2.75) is 32.0 Å². The van der Waals surface area contributed by atoms with Gasteiger partial charge in [-0.1, -0.05) is 0 Å². The van der Waals surface area contributed by atoms with Gasteiger partial charge in [-0.2, -0.15) is 5.26 Å². The van der Waals surface area contributed by atoms with Crippen LogP contribution in [0, 0.1) is 11.3 Å². The molecule has 1 amide bonds. The highest BCUT2D eigenvalue weighted by Gasteiger charge is 2.26. The number of nitrogens with zero attached hydrogens (tertiary/aromatic N) is 4. The first kappa shape index (κ1) is 19.6. The Kier molecular flexibility index (Phi) is 6.06. The monoisotopic (exact) mass is 381 g/mol. The van der Waals surface area contributed by atoms with Crippen molar-refractivity contribution in [2.24, 2.45) is 0 Å². The van der Waals surface area contributed by atoms with Crippen LogP contribution < -0.4 is 10.1 Å². The molecule has 1 aromatic carbocycles. The predicted molar refractivity (Wildman–Crippen MR) is 104 cm³/mol. The molecule has 1 aromatic heterocycles. The van der Waals surface area contributed by atoms with Crippen molar-refractivity contribution in [3.63, 3.8) is 0 Å². The first-order chi connectivity index (χ1) is 13.5. The van der Waals surface area contributed by atoms with Gasteiger partial charge in [0.15, 0.2) is 0 Å². The third-order valence-corrected chi connectivity index (χ3v) is 4.68. The standard InChI is InChI=1S/C20H23N5O3/c1-13(26)19(27)25-9-6-16(7-10-25)28-18-4-3-14(11-15(18)12-21)17-5-8-23-20(22-2)24-17/h3-5,8,11,13,16,26H,6-7,9-10H2,1-2H3,(H,22,23,24). The molecule has 1 aliphatic rings. The number of hydrogen-bond acceptors (Lipinski definition) is 7. The van der Waals surface area contributed by atoms with Gasteiger partial charge in [-0.05, 0) is 31.2 Å². The first-order valence-corrected chi connectivity index (χ1v) is 9.20. The second kappa shape index (κ2) is 8.67. The van der Waals surface area contributed by atoms with Crippen molar-refractivity contribution in [1.82, 2.24) is 14.9 Å². The summed E-state index contributed by atoms with van der Waals surface area (Å²) in [5.41, 5.74) is 1.96. The molecule has 3 rings (SSSR count). The maximum absolute atomic E-state index is 11.9. The molecular formula is C20H23N5O3. The lowest BCUT2D eigenvalue weighted by molar-refractivity contribution is -0.141. The number of rotatable bonds is 5. The molecule has 0 saturated carbocycles. The summed E-state index contributed by atoms with van der Waals surface area (Å²) in [7, 11) is 1.75. The Hall–Kier alpha value is -3.18. The van der Waals surface area contributed by atoms with Crippen LogP contribution in [0.4, 0.5) is 5.95 Å². The summed E-state index contributed by atoms with van der Waals surface area (Å²) in [6, 6.07) is 9.37. The summed E-state index contributed by atoms with van der Waals surface area (Å²) in [6.45, 7) is 2.53. The number of aromatic nitrogens is 2. The lowest BCUT2D eigenvalue weighted by Gasteiger charge is -2.33. The molecule has 1 saturated heterocycles. The average Bonchev–Trinajstić information content (AvgIpc) is 2.74. The van der Waals surface area contributed by atoms with E-state index in [1.54, 1.807) is 36.3 Å². The summed E-state index contributed by atoms with van der Waals surface area (Å²) in [6.07, 6.45) is 1.91. The van der Waals surface area contributed by atoms with Crippen LogP contribution in [-0.4, -0.2) is 58.2 Å². The number of likely N-dealkylation sites (tertiary alicyclic amines) is 1. The van der Waals surface area contributed by atoms with Crippen molar-refractivity contribution < 1.29 is 14.6 Å². The smallest absolute Gasteiger partial charge is 0.251 e. The second-order valence-electron chi connectivity index (χ2n) is 6.66. The molecule has 1 atom stereocenters. The zero-order valence-corrected chi connectivity index (χ0v) is 15.9. The molecule has 1 aliphatic heterocycles. The summed E-state index contributed by atoms with van der Waals surface area (Å²) < 4.78 is 6.03. The summed E-state index contributed by atoms with van der Waals surface area (Å²) >= 11 is 0. The molecule has 0 radical (unpaired) electrons. The normalized spacial score (nSPS) is 15.6. The van der Waals surface area contributed by atoms with Crippen molar-refractivity contribution in [3.8, 4) is 23.1 Å². The highest BCUT2D eigenvalue weighted by molar-refractivity contribution is 5.80. The molecule has 2 N–H and O–H groups in total. The van der Waals surface area contributed by atoms with Crippen molar-refractivity contribution >= 4 is 11.9 Å². The number of hydrogen-bond donors (Lipinski definition) is 2. The van der Waals surface area contributed by atoms with E-state index < -0.39 is 6.10 Å². The number of anilines is 1. The topological polar surface area (TPSA) is 111 Å². The number of amides is 1. The quantitative estimate of drug-likeness (QED) is 0.812. The van der Waals surface area contributed by atoms with E-state index in [4.69, 9.17) is 4.74 Å². The van der Waals surface area contributed by atoms with Crippen molar-refractivity contribution in [1.29, 1.82) is 5.26 Å². The second-order valence-corrected chi connectivity index (χ2v) is 6.66. The summed E-state index contributed by atoms with van der Waals surface area (Å²) in [5, 5.41) is 21.9. The van der Waals surface area contributed by atoms with Gasteiger partial charge in [0.1, 0.15) is 24.0 Å². The highest BCUT2D eigenvalue weighted by atomic mass is 16.5. The van der Waals surface area contributed by atoms with Crippen LogP contribution in [0.2, 0.25) is 0 Å². The Balaban J connectivity index is 1.70. The van der Waals surface area contributed by atoms with E-state index in [-0.39, 0.29) is 12.0 Å². The molecule has 8 heteroatoms. The molecule has 146 valence electrons. The molecule has 0 bridgehead atoms. The number of nitrogens with one attached hydrogen (secondary N) is 1. The van der Waals surface area contributed by atoms with Crippen LogP contribution >= 0.6 is 0 Å². The van der Waals surface area contributed by atoms with Gasteiger partial charge in [0.25, 0.3) is 5.91 Å². The van der Waals surface area contributed by atoms with Gasteiger partial charge in [-0.25, -0.2) is 9.97 Å². The summed E-state index contributed by atoms with van der Waals surface area (Å²) in [5.74, 6) is 0.774. The van der Waals surface area contributed by atoms with Gasteiger partial charge in [0, 0.05) is 44.7 Å². The molecule has 2 aromatic rings. The average molecular weight is 381 g/mol. The molecule has 0 aliphatic carbocycles. The van der Waals surface area contributed by atoms with E-state index in [1.807, 2.05) is 6.07 Å². The minimum absolute atomic E-state index is 0.0778. The Labute approximate surface area is 163 Å². The Morgan fingerprint density at radius 3 is 2.79 bits per heavy atom. The minimum Gasteiger partial charge on any atom is -0.489 e. The number of benzene rings is 1. The maximum Gasteiger partial charge on any atom is 0.251 e. The lowest BCUT2D eigenvalue weighted by atomic mass is 10.1. The fourth-order valence-corrected chi connectivity index (χ4v) is 3.16. The van der Waals surface area contributed by atoms with Gasteiger partial charge in [-0.15, -0.1) is 0 Å². The largest absolute Gasteiger partial charge is 0.489 e. The van der Waals surface area contributed by atoms with Gasteiger partial charge in [0.05, 0.1) is 11.3 Å². The van der Waals surface area contributed by atoms with Gasteiger partial charge < -0.3 is 20.1 Å². The van der Waals surface area contributed by atoms with Crippen LogP contribution in [0.5, 0.6) is 5.75 Å². The van der Waals surface area contributed by atoms with Crippen molar-refractivity contribution in [2.75, 3.05) is 25.5 Å². The number of aliphatic hydroxyl groups excluding tert-OH is 1. The lowest BCUT2D eigenvalue weighted by Crippen LogP contribution is -2.45. The van der Waals surface area contributed by atoms with Crippen LogP contribution in [-0.2, 0) is 4.79 Å². The minimum atomic E-state index is -0.986. The molecular weight excluding hydrogens is 358 g/mol. The van der Waals surface area contributed by atoms with Gasteiger partial charge in [-0.3, -0.25) is 4.79 Å². The van der Waals surface area contributed by atoms with E-state index in [2.05, 4.69) is 21.4 Å². The first-order valence-electron chi connectivity index (χ1n) is 9.20. The number of ether oxygens (including phenoxy) is 1. The van der Waals surface area contributed by atoms with E-state index >= 15 is 0 Å². The fraction of sp³-hybridized carbons (Fsp3) is 0.400. The van der Waals surface area contributed by atoms with E-state index in [0.29, 0.717) is 48.9 Å². The van der Waals surface area contributed by atoms with E-state index in [1.165, 1.54) is 6.92 Å². The maximum atomic E-state index is 11.9. The highest BCUT2D eigenvalue weighted by Crippen LogP contribution is 2.28. The SMILES string of the molecule is CNc1nccc(-c2ccc(OC3CCN(C(=O)C(C)O)CC3)c(C#N)c2)n1. The van der Waals surface area contributed by atoms with Crippen LogP contribution in [0.15, 0.2) is 30.5 Å². The zero-order valence-electron chi connectivity index (χ0n) is 15.9. The van der Waals surface area contributed by atoms with Gasteiger partial charge >= 0.3 is 0 Å². The Morgan fingerprint density at radius 1 is 1.39 bits per heavy atom.